The van der Waals surface area contributed by atoms with Gasteiger partial charge in [-0.3, -0.25) is 0 Å². The lowest BCUT2D eigenvalue weighted by Gasteiger charge is -2.29. The Morgan fingerprint density at radius 3 is 2.67 bits per heavy atom. The van der Waals surface area contributed by atoms with Gasteiger partial charge in [0, 0.05) is 6.04 Å². The number of benzene rings is 1. The van der Waals surface area contributed by atoms with Gasteiger partial charge in [0.25, 0.3) is 0 Å². The SMILES string of the molecule is CCNC(C)CC(C)(C)Cc1cccc(F)c1Br. The first-order valence-electron chi connectivity index (χ1n) is 6.52. The summed E-state index contributed by atoms with van der Waals surface area (Å²) in [6.45, 7) is 9.77. The molecule has 0 aromatic heterocycles. The van der Waals surface area contributed by atoms with Gasteiger partial charge in [0.2, 0.25) is 0 Å². The molecule has 0 spiro atoms. The molecule has 0 radical (unpaired) electrons. The highest BCUT2D eigenvalue weighted by molar-refractivity contribution is 9.10. The average molecular weight is 316 g/mol. The van der Waals surface area contributed by atoms with E-state index in [4.69, 9.17) is 0 Å². The predicted molar refractivity (Wildman–Crippen MR) is 79.3 cm³/mol. The molecule has 0 amide bonds. The molecule has 1 aromatic rings. The minimum absolute atomic E-state index is 0.151. The van der Waals surface area contributed by atoms with Crippen molar-refractivity contribution >= 4 is 15.9 Å². The lowest BCUT2D eigenvalue weighted by molar-refractivity contribution is 0.288. The van der Waals surface area contributed by atoms with E-state index in [1.165, 1.54) is 6.07 Å². The molecule has 1 N–H and O–H groups in total. The molecule has 0 saturated heterocycles. The van der Waals surface area contributed by atoms with Crippen molar-refractivity contribution in [2.24, 2.45) is 5.41 Å². The quantitative estimate of drug-likeness (QED) is 0.812. The van der Waals surface area contributed by atoms with Crippen molar-refractivity contribution in [2.45, 2.75) is 46.6 Å². The molecule has 0 bridgehead atoms. The van der Waals surface area contributed by atoms with E-state index in [-0.39, 0.29) is 11.2 Å². The Kier molecular flexibility index (Phi) is 5.80. The van der Waals surface area contributed by atoms with Crippen molar-refractivity contribution in [1.82, 2.24) is 5.32 Å². The zero-order valence-corrected chi connectivity index (χ0v) is 13.3. The van der Waals surface area contributed by atoms with E-state index in [1.54, 1.807) is 6.07 Å². The van der Waals surface area contributed by atoms with Crippen molar-refractivity contribution in [3.63, 3.8) is 0 Å². The fourth-order valence-electron chi connectivity index (χ4n) is 2.52. The van der Waals surface area contributed by atoms with Crippen LogP contribution in [-0.4, -0.2) is 12.6 Å². The lowest BCUT2D eigenvalue weighted by atomic mass is 9.80. The van der Waals surface area contributed by atoms with Crippen LogP contribution in [0.4, 0.5) is 4.39 Å². The van der Waals surface area contributed by atoms with Crippen LogP contribution in [0.2, 0.25) is 0 Å². The van der Waals surface area contributed by atoms with Crippen molar-refractivity contribution < 1.29 is 4.39 Å². The molecule has 1 unspecified atom stereocenters. The average Bonchev–Trinajstić information content (AvgIpc) is 2.24. The van der Waals surface area contributed by atoms with Gasteiger partial charge in [-0.2, -0.15) is 0 Å². The highest BCUT2D eigenvalue weighted by Crippen LogP contribution is 2.31. The van der Waals surface area contributed by atoms with Gasteiger partial charge in [0.1, 0.15) is 5.82 Å². The smallest absolute Gasteiger partial charge is 0.137 e. The van der Waals surface area contributed by atoms with Crippen molar-refractivity contribution in [3.05, 3.63) is 34.1 Å². The zero-order chi connectivity index (χ0) is 13.8. The Balaban J connectivity index is 2.72. The molecule has 3 heteroatoms. The van der Waals surface area contributed by atoms with E-state index in [2.05, 4.69) is 48.9 Å². The summed E-state index contributed by atoms with van der Waals surface area (Å²) in [4.78, 5) is 0. The first kappa shape index (κ1) is 15.6. The Bertz CT molecular complexity index is 390. The van der Waals surface area contributed by atoms with Gasteiger partial charge >= 0.3 is 0 Å². The molecule has 0 aliphatic rings. The van der Waals surface area contributed by atoms with E-state index >= 15 is 0 Å². The minimum atomic E-state index is -0.178. The van der Waals surface area contributed by atoms with Gasteiger partial charge in [0.15, 0.2) is 0 Å². The molecule has 1 atom stereocenters. The van der Waals surface area contributed by atoms with Crippen LogP contribution in [0.5, 0.6) is 0 Å². The normalized spacial score (nSPS) is 13.7. The van der Waals surface area contributed by atoms with Gasteiger partial charge in [-0.05, 0) is 59.3 Å². The van der Waals surface area contributed by atoms with Crippen LogP contribution in [-0.2, 0) is 6.42 Å². The molecular formula is C15H23BrFN. The highest BCUT2D eigenvalue weighted by atomic mass is 79.9. The molecule has 0 aliphatic carbocycles. The molecule has 1 rings (SSSR count). The number of rotatable bonds is 6. The minimum Gasteiger partial charge on any atom is -0.315 e. The van der Waals surface area contributed by atoms with Crippen LogP contribution < -0.4 is 5.32 Å². The molecule has 1 nitrogen and oxygen atoms in total. The van der Waals surface area contributed by atoms with E-state index in [0.717, 1.165) is 24.9 Å². The molecule has 0 aliphatic heterocycles. The molecule has 0 fully saturated rings. The second-order valence-corrected chi connectivity index (χ2v) is 6.51. The summed E-state index contributed by atoms with van der Waals surface area (Å²) in [5.41, 5.74) is 1.20. The van der Waals surface area contributed by atoms with E-state index < -0.39 is 0 Å². The van der Waals surface area contributed by atoms with Crippen LogP contribution >= 0.6 is 15.9 Å². The van der Waals surface area contributed by atoms with Crippen LogP contribution in [0, 0.1) is 11.2 Å². The van der Waals surface area contributed by atoms with E-state index in [0.29, 0.717) is 10.5 Å². The molecule has 1 aromatic carbocycles. The van der Waals surface area contributed by atoms with E-state index in [9.17, 15) is 4.39 Å². The standard InChI is InChI=1S/C15H23BrFN/c1-5-18-11(2)9-15(3,4)10-12-7-6-8-13(17)14(12)16/h6-8,11,18H,5,9-10H2,1-4H3. The Morgan fingerprint density at radius 2 is 2.06 bits per heavy atom. The largest absolute Gasteiger partial charge is 0.315 e. The maximum atomic E-state index is 13.5. The number of hydrogen-bond acceptors (Lipinski definition) is 1. The topological polar surface area (TPSA) is 12.0 Å². The van der Waals surface area contributed by atoms with Gasteiger partial charge in [-0.25, -0.2) is 4.39 Å². The van der Waals surface area contributed by atoms with E-state index in [1.807, 2.05) is 6.07 Å². The maximum Gasteiger partial charge on any atom is 0.137 e. The summed E-state index contributed by atoms with van der Waals surface area (Å²) in [6, 6.07) is 5.74. The number of nitrogens with one attached hydrogen (secondary N) is 1. The summed E-state index contributed by atoms with van der Waals surface area (Å²) in [6.07, 6.45) is 1.95. The third-order valence-corrected chi connectivity index (χ3v) is 4.00. The van der Waals surface area contributed by atoms with Gasteiger partial charge in [-0.15, -0.1) is 0 Å². The van der Waals surface area contributed by atoms with Gasteiger partial charge in [0.05, 0.1) is 4.47 Å². The molecule has 0 saturated carbocycles. The van der Waals surface area contributed by atoms with Gasteiger partial charge < -0.3 is 5.32 Å². The van der Waals surface area contributed by atoms with Crippen LogP contribution in [0.15, 0.2) is 22.7 Å². The summed E-state index contributed by atoms with van der Waals surface area (Å²) < 4.78 is 14.1. The fourth-order valence-corrected chi connectivity index (χ4v) is 2.93. The summed E-state index contributed by atoms with van der Waals surface area (Å²) in [5, 5.41) is 3.43. The first-order valence-corrected chi connectivity index (χ1v) is 7.31. The van der Waals surface area contributed by atoms with Gasteiger partial charge in [-0.1, -0.05) is 32.9 Å². The second-order valence-electron chi connectivity index (χ2n) is 5.72. The zero-order valence-electron chi connectivity index (χ0n) is 11.7. The van der Waals surface area contributed by atoms with Crippen molar-refractivity contribution in [2.75, 3.05) is 6.54 Å². The number of halogens is 2. The lowest BCUT2D eigenvalue weighted by Crippen LogP contribution is -2.32. The van der Waals surface area contributed by atoms with Crippen LogP contribution in [0.25, 0.3) is 0 Å². The highest BCUT2D eigenvalue weighted by Gasteiger charge is 2.22. The molecule has 102 valence electrons. The molecule has 18 heavy (non-hydrogen) atoms. The Labute approximate surface area is 118 Å². The summed E-state index contributed by atoms with van der Waals surface area (Å²) in [7, 11) is 0. The van der Waals surface area contributed by atoms with Crippen molar-refractivity contribution in [3.8, 4) is 0 Å². The second kappa shape index (κ2) is 6.67. The maximum absolute atomic E-state index is 13.5. The monoisotopic (exact) mass is 315 g/mol. The summed E-state index contributed by atoms with van der Waals surface area (Å²) in [5.74, 6) is -0.178. The molecule has 0 heterocycles. The third kappa shape index (κ3) is 4.69. The first-order chi connectivity index (χ1) is 8.35. The fraction of sp³-hybridized carbons (Fsp3) is 0.600. The van der Waals surface area contributed by atoms with Crippen LogP contribution in [0.3, 0.4) is 0 Å². The third-order valence-electron chi connectivity index (χ3n) is 3.11. The Morgan fingerprint density at radius 1 is 1.39 bits per heavy atom. The van der Waals surface area contributed by atoms with Crippen LogP contribution in [0.1, 0.15) is 39.7 Å². The van der Waals surface area contributed by atoms with Crippen molar-refractivity contribution in [1.29, 1.82) is 0 Å². The number of hydrogen-bond donors (Lipinski definition) is 1. The predicted octanol–water partition coefficient (Wildman–Crippen LogP) is 4.55. The molecular weight excluding hydrogens is 293 g/mol. The Hall–Kier alpha value is -0.410. The summed E-state index contributed by atoms with van der Waals surface area (Å²) >= 11 is 3.34.